The van der Waals surface area contributed by atoms with Gasteiger partial charge in [-0.05, 0) is 92.7 Å². The third-order valence-electron chi connectivity index (χ3n) is 6.56. The fourth-order valence-corrected chi connectivity index (χ4v) is 4.98. The maximum atomic E-state index is 12.0. The van der Waals surface area contributed by atoms with Gasteiger partial charge in [-0.15, -0.1) is 0 Å². The maximum Gasteiger partial charge on any atom is 0.243 e. The summed E-state index contributed by atoms with van der Waals surface area (Å²) in [6.45, 7) is 3.94. The minimum Gasteiger partial charge on any atom is -0.507 e. The van der Waals surface area contributed by atoms with Gasteiger partial charge >= 0.3 is 0 Å². The van der Waals surface area contributed by atoms with Gasteiger partial charge in [0.1, 0.15) is 5.75 Å². The molecule has 2 heterocycles. The number of fused-ring (bicyclic) bond motifs is 1. The molecule has 180 valence electrons. The van der Waals surface area contributed by atoms with Gasteiger partial charge in [0.05, 0.1) is 10.0 Å². The highest BCUT2D eigenvalue weighted by molar-refractivity contribution is 6.42. The van der Waals surface area contributed by atoms with E-state index in [0.717, 1.165) is 68.2 Å². The number of carbonyl (C=O) groups excluding carboxylic acids is 1. The molecule has 1 saturated heterocycles. The molecule has 1 amide bonds. The van der Waals surface area contributed by atoms with Crippen molar-refractivity contribution in [3.8, 4) is 5.75 Å². The first-order chi connectivity index (χ1) is 16.5. The zero-order chi connectivity index (χ0) is 23.9. The Hall–Kier alpha value is -2.47. The number of halogens is 2. The summed E-state index contributed by atoms with van der Waals surface area (Å²) in [6, 6.07) is 10.9. The molecule has 7 heteroatoms. The predicted molar refractivity (Wildman–Crippen MR) is 141 cm³/mol. The highest BCUT2D eigenvalue weighted by atomic mass is 35.5. The molecule has 1 fully saturated rings. The summed E-state index contributed by atoms with van der Waals surface area (Å²) in [6.07, 6.45) is 10.7. The number of carbonyl (C=O) groups is 1. The number of likely N-dealkylation sites (tertiary alicyclic amines) is 1. The van der Waals surface area contributed by atoms with Crippen molar-refractivity contribution in [1.82, 2.24) is 15.2 Å². The van der Waals surface area contributed by atoms with E-state index < -0.39 is 0 Å². The molecule has 0 bridgehead atoms. The lowest BCUT2D eigenvalue weighted by atomic mass is 9.89. The minimum absolute atomic E-state index is 0.100. The van der Waals surface area contributed by atoms with Gasteiger partial charge in [-0.3, -0.25) is 4.79 Å². The number of phenols is 1. The molecule has 0 atom stereocenters. The number of aromatic amines is 1. The summed E-state index contributed by atoms with van der Waals surface area (Å²) in [5.41, 5.74) is 3.10. The minimum atomic E-state index is -0.100. The van der Waals surface area contributed by atoms with Crippen LogP contribution in [0.1, 0.15) is 49.1 Å². The van der Waals surface area contributed by atoms with Crippen LogP contribution in [-0.4, -0.2) is 47.1 Å². The van der Waals surface area contributed by atoms with Gasteiger partial charge in [-0.2, -0.15) is 0 Å². The second-order valence-corrected chi connectivity index (χ2v) is 9.73. The molecule has 0 saturated carbocycles. The normalized spacial score (nSPS) is 15.4. The monoisotopic (exact) mass is 499 g/mol. The Bertz CT molecular complexity index is 1150. The van der Waals surface area contributed by atoms with Crippen molar-refractivity contribution in [2.75, 3.05) is 26.2 Å². The van der Waals surface area contributed by atoms with Gasteiger partial charge in [0, 0.05) is 29.7 Å². The zero-order valence-electron chi connectivity index (χ0n) is 19.2. The van der Waals surface area contributed by atoms with Crippen LogP contribution in [-0.2, 0) is 4.79 Å². The third-order valence-corrected chi connectivity index (χ3v) is 7.30. The largest absolute Gasteiger partial charge is 0.507 e. The van der Waals surface area contributed by atoms with Crippen LogP contribution in [0.5, 0.6) is 5.75 Å². The van der Waals surface area contributed by atoms with Crippen LogP contribution in [0, 0.1) is 0 Å². The summed E-state index contributed by atoms with van der Waals surface area (Å²) < 4.78 is 0. The summed E-state index contributed by atoms with van der Waals surface area (Å²) in [5, 5.41) is 15.2. The standard InChI is InChI=1S/C27H31Cl2N3O2/c28-22-9-7-19(17-23(22)29)8-10-26(34)30-13-2-1-3-14-32-15-11-20(12-16-32)21-18-31-24-5-4-6-25(33)27(21)24/h4-10,17-18,20,31,33H,1-3,11-16H2,(H,30,34)/b10-8+. The average molecular weight is 500 g/mol. The molecule has 2 aromatic carbocycles. The van der Waals surface area contributed by atoms with E-state index in [1.54, 1.807) is 24.3 Å². The summed E-state index contributed by atoms with van der Waals surface area (Å²) in [4.78, 5) is 17.8. The lowest BCUT2D eigenvalue weighted by Gasteiger charge is -2.32. The first-order valence-corrected chi connectivity index (χ1v) is 12.7. The van der Waals surface area contributed by atoms with Gasteiger partial charge in [0.2, 0.25) is 5.91 Å². The zero-order valence-corrected chi connectivity index (χ0v) is 20.7. The van der Waals surface area contributed by atoms with Crippen molar-refractivity contribution in [2.45, 2.75) is 38.0 Å². The topological polar surface area (TPSA) is 68.4 Å². The lowest BCUT2D eigenvalue weighted by Crippen LogP contribution is -2.33. The Kier molecular flexibility index (Phi) is 8.54. The van der Waals surface area contributed by atoms with E-state index in [2.05, 4.69) is 21.4 Å². The number of hydrogen-bond donors (Lipinski definition) is 3. The van der Waals surface area contributed by atoms with E-state index in [-0.39, 0.29) is 5.91 Å². The molecule has 0 unspecified atom stereocenters. The molecule has 4 rings (SSSR count). The van der Waals surface area contributed by atoms with Crippen molar-refractivity contribution in [2.24, 2.45) is 0 Å². The number of aromatic hydroxyl groups is 1. The van der Waals surface area contributed by atoms with Crippen molar-refractivity contribution in [1.29, 1.82) is 0 Å². The second-order valence-electron chi connectivity index (χ2n) is 8.92. The summed E-state index contributed by atoms with van der Waals surface area (Å²) >= 11 is 11.9. The number of benzene rings is 2. The van der Waals surface area contributed by atoms with Crippen molar-refractivity contribution in [3.05, 3.63) is 69.8 Å². The summed E-state index contributed by atoms with van der Waals surface area (Å²) in [5.74, 6) is 0.759. The average Bonchev–Trinajstić information content (AvgIpc) is 3.28. The number of nitrogens with one attached hydrogen (secondary N) is 2. The Morgan fingerprint density at radius 2 is 1.94 bits per heavy atom. The maximum absolute atomic E-state index is 12.0. The number of phenolic OH excluding ortho intramolecular Hbond substituents is 1. The fraction of sp³-hybridized carbons (Fsp3) is 0.370. The Morgan fingerprint density at radius 3 is 2.74 bits per heavy atom. The number of nitrogens with zero attached hydrogens (tertiary/aromatic N) is 1. The van der Waals surface area contributed by atoms with Gasteiger partial charge in [-0.25, -0.2) is 0 Å². The van der Waals surface area contributed by atoms with Crippen molar-refractivity contribution >= 4 is 46.1 Å². The van der Waals surface area contributed by atoms with Crippen LogP contribution in [0.4, 0.5) is 0 Å². The van der Waals surface area contributed by atoms with Gasteiger partial charge in [0.15, 0.2) is 0 Å². The molecule has 1 aliphatic rings. The van der Waals surface area contributed by atoms with E-state index >= 15 is 0 Å². The van der Waals surface area contributed by atoms with Crippen LogP contribution >= 0.6 is 23.2 Å². The summed E-state index contributed by atoms with van der Waals surface area (Å²) in [7, 11) is 0. The number of rotatable bonds is 9. The van der Waals surface area contributed by atoms with Crippen LogP contribution < -0.4 is 5.32 Å². The lowest BCUT2D eigenvalue weighted by molar-refractivity contribution is -0.116. The van der Waals surface area contributed by atoms with Crippen molar-refractivity contribution < 1.29 is 9.90 Å². The number of H-pyrrole nitrogens is 1. The van der Waals surface area contributed by atoms with E-state index in [1.165, 1.54) is 11.6 Å². The number of aromatic nitrogens is 1. The smallest absolute Gasteiger partial charge is 0.243 e. The van der Waals surface area contributed by atoms with E-state index in [9.17, 15) is 9.90 Å². The molecule has 0 spiro atoms. The second kappa shape index (κ2) is 11.8. The molecule has 1 aromatic heterocycles. The Morgan fingerprint density at radius 1 is 1.12 bits per heavy atom. The quantitative estimate of drug-likeness (QED) is 0.237. The molecule has 3 aromatic rings. The molecule has 34 heavy (non-hydrogen) atoms. The molecule has 0 radical (unpaired) electrons. The van der Waals surface area contributed by atoms with Crippen LogP contribution in [0.25, 0.3) is 17.0 Å². The molecule has 3 N–H and O–H groups in total. The van der Waals surface area contributed by atoms with E-state index in [4.69, 9.17) is 23.2 Å². The predicted octanol–water partition coefficient (Wildman–Crippen LogP) is 6.36. The van der Waals surface area contributed by atoms with Crippen LogP contribution in [0.2, 0.25) is 10.0 Å². The Balaban J connectivity index is 1.10. The van der Waals surface area contributed by atoms with Crippen LogP contribution in [0.15, 0.2) is 48.7 Å². The fourth-order valence-electron chi connectivity index (χ4n) is 4.68. The molecule has 5 nitrogen and oxygen atoms in total. The highest BCUT2D eigenvalue weighted by Crippen LogP contribution is 2.37. The number of unbranched alkanes of at least 4 members (excludes halogenated alkanes) is 2. The van der Waals surface area contributed by atoms with E-state index in [0.29, 0.717) is 28.3 Å². The molecular weight excluding hydrogens is 469 g/mol. The third kappa shape index (κ3) is 6.35. The Labute approximate surface area is 210 Å². The SMILES string of the molecule is O=C(/C=C/c1ccc(Cl)c(Cl)c1)NCCCCCN1CCC(c2c[nH]c3cccc(O)c23)CC1. The van der Waals surface area contributed by atoms with Gasteiger partial charge in [-0.1, -0.05) is 41.8 Å². The molecule has 1 aliphatic heterocycles. The first kappa shape index (κ1) is 24.6. The van der Waals surface area contributed by atoms with Gasteiger partial charge < -0.3 is 20.3 Å². The highest BCUT2D eigenvalue weighted by Gasteiger charge is 2.23. The molecule has 0 aliphatic carbocycles. The van der Waals surface area contributed by atoms with E-state index in [1.807, 2.05) is 18.2 Å². The number of hydrogen-bond acceptors (Lipinski definition) is 3. The van der Waals surface area contributed by atoms with Crippen LogP contribution in [0.3, 0.4) is 0 Å². The van der Waals surface area contributed by atoms with Crippen molar-refractivity contribution in [3.63, 3.8) is 0 Å². The first-order valence-electron chi connectivity index (χ1n) is 11.9. The van der Waals surface area contributed by atoms with Gasteiger partial charge in [0.25, 0.3) is 0 Å². The number of piperidine rings is 1. The number of amides is 1. The molecular formula is C27H31Cl2N3O2.